The lowest BCUT2D eigenvalue weighted by Gasteiger charge is -2.11. The van der Waals surface area contributed by atoms with Crippen LogP contribution in [0.25, 0.3) is 0 Å². The van der Waals surface area contributed by atoms with Crippen molar-refractivity contribution in [3.8, 4) is 0 Å². The summed E-state index contributed by atoms with van der Waals surface area (Å²) in [6.45, 7) is 3.94. The van der Waals surface area contributed by atoms with Gasteiger partial charge in [-0.1, -0.05) is 6.07 Å². The van der Waals surface area contributed by atoms with E-state index < -0.39 is 6.10 Å². The topological polar surface area (TPSA) is 38.0 Å². The number of hydrogen-bond acceptors (Lipinski definition) is 2. The number of aliphatic hydroxyl groups is 1. The maximum Gasteiger partial charge on any atom is 0.137 e. The van der Waals surface area contributed by atoms with Crippen molar-refractivity contribution in [2.45, 2.75) is 32.8 Å². The molecule has 0 radical (unpaired) electrons. The van der Waals surface area contributed by atoms with Crippen LogP contribution in [0.1, 0.15) is 22.5 Å². The molecule has 20 heavy (non-hydrogen) atoms. The quantitative estimate of drug-likeness (QED) is 0.928. The lowest BCUT2D eigenvalue weighted by Crippen LogP contribution is -2.15. The third-order valence-electron chi connectivity index (χ3n) is 3.55. The van der Waals surface area contributed by atoms with Crippen molar-refractivity contribution in [1.29, 1.82) is 0 Å². The molecule has 5 heteroatoms. The molecule has 3 nitrogen and oxygen atoms in total. The van der Waals surface area contributed by atoms with E-state index >= 15 is 0 Å². The Morgan fingerprint density at radius 2 is 2.05 bits per heavy atom. The first kappa shape index (κ1) is 15.2. The fourth-order valence-corrected chi connectivity index (χ4v) is 2.79. The minimum atomic E-state index is -0.506. The summed E-state index contributed by atoms with van der Waals surface area (Å²) in [6.07, 6.45) is 0.543. The van der Waals surface area contributed by atoms with Gasteiger partial charge in [0.25, 0.3) is 0 Å². The summed E-state index contributed by atoms with van der Waals surface area (Å²) in [5.74, 6) is -0.290. The standard InChI is InChI=1S/C15H18BrFN2O/c1-9-13(10(2)19(3)18-9)8-12(20)6-11-4-5-15(17)14(16)7-11/h4-5,7,12,20H,6,8H2,1-3H3. The fraction of sp³-hybridized carbons (Fsp3) is 0.400. The van der Waals surface area contributed by atoms with Crippen LogP contribution in [0.15, 0.2) is 22.7 Å². The minimum absolute atomic E-state index is 0.290. The van der Waals surface area contributed by atoms with E-state index in [4.69, 9.17) is 0 Å². The molecule has 2 aromatic rings. The van der Waals surface area contributed by atoms with Crippen LogP contribution in [0.4, 0.5) is 4.39 Å². The van der Waals surface area contributed by atoms with Gasteiger partial charge in [-0.15, -0.1) is 0 Å². The van der Waals surface area contributed by atoms with Crippen molar-refractivity contribution >= 4 is 15.9 Å². The number of rotatable bonds is 4. The monoisotopic (exact) mass is 340 g/mol. The van der Waals surface area contributed by atoms with Crippen molar-refractivity contribution < 1.29 is 9.50 Å². The van der Waals surface area contributed by atoms with E-state index in [9.17, 15) is 9.50 Å². The van der Waals surface area contributed by atoms with Gasteiger partial charge in [-0.05, 0) is 59.5 Å². The average molecular weight is 341 g/mol. The van der Waals surface area contributed by atoms with E-state index in [1.54, 1.807) is 12.1 Å². The normalized spacial score (nSPS) is 12.7. The summed E-state index contributed by atoms with van der Waals surface area (Å²) in [4.78, 5) is 0. The number of aromatic nitrogens is 2. The predicted octanol–water partition coefficient (Wildman–Crippen LogP) is 3.08. The van der Waals surface area contributed by atoms with Crippen molar-refractivity contribution in [2.24, 2.45) is 7.05 Å². The molecule has 2 rings (SSSR count). The van der Waals surface area contributed by atoms with Crippen LogP contribution in [-0.4, -0.2) is 21.0 Å². The summed E-state index contributed by atoms with van der Waals surface area (Å²) in [6, 6.07) is 4.82. The zero-order chi connectivity index (χ0) is 14.9. The lowest BCUT2D eigenvalue weighted by atomic mass is 10.0. The fourth-order valence-electron chi connectivity index (χ4n) is 2.36. The van der Waals surface area contributed by atoms with E-state index in [0.29, 0.717) is 17.3 Å². The first-order valence-corrected chi connectivity index (χ1v) is 7.29. The Morgan fingerprint density at radius 3 is 2.60 bits per heavy atom. The molecular formula is C15H18BrFN2O. The molecule has 1 aromatic heterocycles. The number of halogens is 2. The van der Waals surface area contributed by atoms with Crippen LogP contribution in [0.3, 0.4) is 0 Å². The third kappa shape index (κ3) is 3.27. The van der Waals surface area contributed by atoms with E-state index in [1.807, 2.05) is 25.6 Å². The molecule has 1 N–H and O–H groups in total. The number of hydrogen-bond donors (Lipinski definition) is 1. The highest BCUT2D eigenvalue weighted by Crippen LogP contribution is 2.20. The second-order valence-electron chi connectivity index (χ2n) is 5.08. The van der Waals surface area contributed by atoms with E-state index in [1.165, 1.54) is 6.07 Å². The van der Waals surface area contributed by atoms with Crippen LogP contribution in [0.2, 0.25) is 0 Å². The number of aliphatic hydroxyl groups excluding tert-OH is 1. The van der Waals surface area contributed by atoms with Gasteiger partial charge in [-0.3, -0.25) is 4.68 Å². The molecule has 0 bridgehead atoms. The molecule has 0 fully saturated rings. The predicted molar refractivity (Wildman–Crippen MR) is 80.2 cm³/mol. The van der Waals surface area contributed by atoms with Gasteiger partial charge >= 0.3 is 0 Å². The first-order chi connectivity index (χ1) is 9.38. The molecule has 0 amide bonds. The Kier molecular flexibility index (Phi) is 4.60. The number of benzene rings is 1. The van der Waals surface area contributed by atoms with E-state index in [0.717, 1.165) is 22.5 Å². The maximum atomic E-state index is 13.2. The highest BCUT2D eigenvalue weighted by atomic mass is 79.9. The largest absolute Gasteiger partial charge is 0.392 e. The van der Waals surface area contributed by atoms with Gasteiger partial charge in [-0.25, -0.2) is 4.39 Å². The van der Waals surface area contributed by atoms with E-state index in [2.05, 4.69) is 21.0 Å². The van der Waals surface area contributed by atoms with Crippen molar-refractivity contribution in [3.63, 3.8) is 0 Å². The Morgan fingerprint density at radius 1 is 1.35 bits per heavy atom. The molecule has 0 aliphatic carbocycles. The minimum Gasteiger partial charge on any atom is -0.392 e. The van der Waals surface area contributed by atoms with Gasteiger partial charge in [0.1, 0.15) is 5.82 Å². The van der Waals surface area contributed by atoms with Crippen LogP contribution in [-0.2, 0) is 19.9 Å². The third-order valence-corrected chi connectivity index (χ3v) is 4.16. The highest BCUT2D eigenvalue weighted by molar-refractivity contribution is 9.10. The smallest absolute Gasteiger partial charge is 0.137 e. The van der Waals surface area contributed by atoms with Gasteiger partial charge < -0.3 is 5.11 Å². The van der Waals surface area contributed by atoms with E-state index in [-0.39, 0.29) is 5.82 Å². The second-order valence-corrected chi connectivity index (χ2v) is 5.94. The molecular weight excluding hydrogens is 323 g/mol. The van der Waals surface area contributed by atoms with Crippen LogP contribution >= 0.6 is 15.9 Å². The molecule has 0 aliphatic rings. The summed E-state index contributed by atoms with van der Waals surface area (Å²) in [5.41, 5.74) is 4.01. The summed E-state index contributed by atoms with van der Waals surface area (Å²) < 4.78 is 15.4. The molecule has 1 heterocycles. The SMILES string of the molecule is Cc1nn(C)c(C)c1CC(O)Cc1ccc(F)c(Br)c1. The average Bonchev–Trinajstić information content (AvgIpc) is 2.61. The zero-order valence-corrected chi connectivity index (χ0v) is 13.4. The van der Waals surface area contributed by atoms with Crippen molar-refractivity contribution in [1.82, 2.24) is 9.78 Å². The van der Waals surface area contributed by atoms with Gasteiger partial charge in [0.2, 0.25) is 0 Å². The Labute approximate surface area is 126 Å². The van der Waals surface area contributed by atoms with Crippen LogP contribution in [0.5, 0.6) is 0 Å². The van der Waals surface area contributed by atoms with Crippen LogP contribution < -0.4 is 0 Å². The number of aryl methyl sites for hydroxylation is 2. The summed E-state index contributed by atoms with van der Waals surface area (Å²) in [7, 11) is 1.90. The molecule has 1 atom stereocenters. The first-order valence-electron chi connectivity index (χ1n) is 6.49. The maximum absolute atomic E-state index is 13.2. The Hall–Kier alpha value is -1.20. The van der Waals surface area contributed by atoms with Crippen LogP contribution in [0, 0.1) is 19.7 Å². The molecule has 1 aromatic carbocycles. The summed E-state index contributed by atoms with van der Waals surface area (Å²) >= 11 is 3.16. The molecule has 0 aliphatic heterocycles. The highest BCUT2D eigenvalue weighted by Gasteiger charge is 2.15. The lowest BCUT2D eigenvalue weighted by molar-refractivity contribution is 0.175. The van der Waals surface area contributed by atoms with Gasteiger partial charge in [-0.2, -0.15) is 5.10 Å². The van der Waals surface area contributed by atoms with Gasteiger partial charge in [0.05, 0.1) is 16.3 Å². The second kappa shape index (κ2) is 6.06. The van der Waals surface area contributed by atoms with Crippen molar-refractivity contribution in [3.05, 3.63) is 51.0 Å². The zero-order valence-electron chi connectivity index (χ0n) is 11.8. The molecule has 108 valence electrons. The molecule has 0 spiro atoms. The number of nitrogens with zero attached hydrogens (tertiary/aromatic N) is 2. The summed E-state index contributed by atoms with van der Waals surface area (Å²) in [5, 5.41) is 14.6. The molecule has 0 saturated carbocycles. The van der Waals surface area contributed by atoms with Gasteiger partial charge in [0, 0.05) is 19.2 Å². The Bertz CT molecular complexity index is 625. The van der Waals surface area contributed by atoms with Crippen molar-refractivity contribution in [2.75, 3.05) is 0 Å². The molecule has 0 saturated heterocycles. The Balaban J connectivity index is 2.08. The molecule has 1 unspecified atom stereocenters. The van der Waals surface area contributed by atoms with Gasteiger partial charge in [0.15, 0.2) is 0 Å².